The molecule has 3 atom stereocenters. The van der Waals surface area contributed by atoms with Crippen molar-refractivity contribution in [1.82, 2.24) is 14.9 Å². The average molecular weight is 343 g/mol. The Morgan fingerprint density at radius 2 is 1.96 bits per heavy atom. The minimum Gasteiger partial charge on any atom is -0.463 e. The molecule has 0 spiro atoms. The summed E-state index contributed by atoms with van der Waals surface area (Å²) in [5.41, 5.74) is 1.14. The van der Waals surface area contributed by atoms with Gasteiger partial charge in [-0.2, -0.15) is 0 Å². The van der Waals surface area contributed by atoms with Crippen LogP contribution in [0.1, 0.15) is 18.4 Å². The van der Waals surface area contributed by atoms with Crippen molar-refractivity contribution in [1.29, 1.82) is 0 Å². The van der Waals surface area contributed by atoms with Gasteiger partial charge in [-0.15, -0.1) is 0 Å². The second-order valence-corrected chi connectivity index (χ2v) is 6.68. The van der Waals surface area contributed by atoms with Gasteiger partial charge >= 0.3 is 6.01 Å². The van der Waals surface area contributed by atoms with Gasteiger partial charge in [0.1, 0.15) is 5.82 Å². The Kier molecular flexibility index (Phi) is 4.90. The summed E-state index contributed by atoms with van der Waals surface area (Å²) in [7, 11) is 0. The number of benzene rings is 1. The van der Waals surface area contributed by atoms with Gasteiger partial charge in [-0.1, -0.05) is 12.1 Å². The van der Waals surface area contributed by atoms with E-state index in [1.807, 2.05) is 12.1 Å². The first-order chi connectivity index (χ1) is 12.3. The summed E-state index contributed by atoms with van der Waals surface area (Å²) in [5.74, 6) is 0.162. The number of hydrogen-bond donors (Lipinski definition) is 0. The first-order valence-electron chi connectivity index (χ1n) is 8.79. The molecule has 0 bridgehead atoms. The monoisotopic (exact) mass is 343 g/mol. The van der Waals surface area contributed by atoms with E-state index in [-0.39, 0.29) is 11.9 Å². The molecule has 1 saturated heterocycles. The van der Waals surface area contributed by atoms with E-state index in [1.54, 1.807) is 18.5 Å². The zero-order valence-electron chi connectivity index (χ0n) is 14.1. The van der Waals surface area contributed by atoms with Crippen molar-refractivity contribution in [2.24, 2.45) is 5.92 Å². The second-order valence-electron chi connectivity index (χ2n) is 6.68. The van der Waals surface area contributed by atoms with Crippen molar-refractivity contribution in [3.63, 3.8) is 0 Å². The molecule has 1 aromatic carbocycles. The van der Waals surface area contributed by atoms with Gasteiger partial charge < -0.3 is 9.47 Å². The van der Waals surface area contributed by atoms with Crippen LogP contribution >= 0.6 is 0 Å². The lowest BCUT2D eigenvalue weighted by atomic mass is 10.0. The SMILES string of the molecule is Fc1ccc(CN2CCOC3C(COc4ncccn4)CCC32)cc1. The number of aromatic nitrogens is 2. The third-order valence-corrected chi connectivity index (χ3v) is 5.10. The summed E-state index contributed by atoms with van der Waals surface area (Å²) in [6.07, 6.45) is 5.71. The van der Waals surface area contributed by atoms with Gasteiger partial charge in [-0.25, -0.2) is 14.4 Å². The van der Waals surface area contributed by atoms with Crippen LogP contribution in [-0.2, 0) is 11.3 Å². The molecule has 6 heteroatoms. The summed E-state index contributed by atoms with van der Waals surface area (Å²) in [6.45, 7) is 3.05. The second kappa shape index (κ2) is 7.45. The fourth-order valence-electron chi connectivity index (χ4n) is 3.88. The van der Waals surface area contributed by atoms with Gasteiger partial charge in [0.05, 0.1) is 19.3 Å². The van der Waals surface area contributed by atoms with Crippen LogP contribution in [0.3, 0.4) is 0 Å². The maximum Gasteiger partial charge on any atom is 0.316 e. The zero-order chi connectivity index (χ0) is 17.1. The molecule has 132 valence electrons. The van der Waals surface area contributed by atoms with E-state index in [0.717, 1.165) is 38.1 Å². The zero-order valence-corrected chi connectivity index (χ0v) is 14.1. The highest BCUT2D eigenvalue weighted by Gasteiger charge is 2.42. The molecule has 0 radical (unpaired) electrons. The van der Waals surface area contributed by atoms with E-state index in [1.165, 1.54) is 12.1 Å². The average Bonchev–Trinajstić information content (AvgIpc) is 3.07. The molecule has 0 N–H and O–H groups in total. The summed E-state index contributed by atoms with van der Waals surface area (Å²) in [6, 6.07) is 9.37. The Labute approximate surface area is 146 Å². The van der Waals surface area contributed by atoms with Crippen LogP contribution < -0.4 is 4.74 Å². The van der Waals surface area contributed by atoms with Crippen LogP contribution in [0, 0.1) is 11.7 Å². The van der Waals surface area contributed by atoms with Crippen LogP contribution in [0.15, 0.2) is 42.7 Å². The molecule has 0 amide bonds. The molecule has 2 aromatic rings. The predicted molar refractivity (Wildman–Crippen MR) is 90.6 cm³/mol. The van der Waals surface area contributed by atoms with Crippen LogP contribution in [0.4, 0.5) is 4.39 Å². The van der Waals surface area contributed by atoms with E-state index in [2.05, 4.69) is 14.9 Å². The van der Waals surface area contributed by atoms with E-state index in [4.69, 9.17) is 9.47 Å². The molecule has 1 aliphatic heterocycles. The van der Waals surface area contributed by atoms with Gasteiger partial charge in [0.2, 0.25) is 0 Å². The fraction of sp³-hybridized carbons (Fsp3) is 0.474. The summed E-state index contributed by atoms with van der Waals surface area (Å²) < 4.78 is 24.9. The Morgan fingerprint density at radius 1 is 1.16 bits per heavy atom. The van der Waals surface area contributed by atoms with Gasteiger partial charge in [-0.05, 0) is 36.6 Å². The highest BCUT2D eigenvalue weighted by Crippen LogP contribution is 2.35. The summed E-state index contributed by atoms with van der Waals surface area (Å²) in [4.78, 5) is 10.7. The van der Waals surface area contributed by atoms with Gasteiger partial charge in [0.15, 0.2) is 0 Å². The summed E-state index contributed by atoms with van der Waals surface area (Å²) in [5, 5.41) is 0. The Balaban J connectivity index is 1.37. The molecule has 1 aromatic heterocycles. The molecule has 2 fully saturated rings. The minimum atomic E-state index is -0.190. The Bertz CT molecular complexity index is 683. The molecule has 2 aliphatic rings. The van der Waals surface area contributed by atoms with Gasteiger partial charge in [0.25, 0.3) is 0 Å². The van der Waals surface area contributed by atoms with E-state index < -0.39 is 0 Å². The summed E-state index contributed by atoms with van der Waals surface area (Å²) >= 11 is 0. The maximum absolute atomic E-state index is 13.1. The molecule has 25 heavy (non-hydrogen) atoms. The molecule has 1 aliphatic carbocycles. The van der Waals surface area contributed by atoms with Crippen molar-refractivity contribution >= 4 is 0 Å². The van der Waals surface area contributed by atoms with Crippen LogP contribution in [-0.4, -0.2) is 46.8 Å². The largest absolute Gasteiger partial charge is 0.463 e. The number of nitrogens with zero attached hydrogens (tertiary/aromatic N) is 3. The number of halogens is 1. The highest BCUT2D eigenvalue weighted by molar-refractivity contribution is 5.16. The normalized spacial score (nSPS) is 26.4. The lowest BCUT2D eigenvalue weighted by Gasteiger charge is -2.39. The smallest absolute Gasteiger partial charge is 0.316 e. The standard InChI is InChI=1S/C19H22FN3O2/c20-16-5-2-14(3-6-16)12-23-10-11-24-18-15(4-7-17(18)23)13-25-19-21-8-1-9-22-19/h1-3,5-6,8-9,15,17-18H,4,7,10-13H2. The first kappa shape index (κ1) is 16.4. The van der Waals surface area contributed by atoms with Crippen molar-refractivity contribution in [3.8, 4) is 6.01 Å². The fourth-order valence-corrected chi connectivity index (χ4v) is 3.88. The minimum absolute atomic E-state index is 0.179. The van der Waals surface area contributed by atoms with Crippen LogP contribution in [0.2, 0.25) is 0 Å². The van der Waals surface area contributed by atoms with Crippen molar-refractivity contribution in [2.75, 3.05) is 19.8 Å². The lowest BCUT2D eigenvalue weighted by Crippen LogP contribution is -2.50. The Hall–Kier alpha value is -2.05. The lowest BCUT2D eigenvalue weighted by molar-refractivity contribution is -0.0819. The van der Waals surface area contributed by atoms with Crippen molar-refractivity contribution < 1.29 is 13.9 Å². The van der Waals surface area contributed by atoms with E-state index in [0.29, 0.717) is 24.6 Å². The number of fused-ring (bicyclic) bond motifs is 1. The topological polar surface area (TPSA) is 47.5 Å². The molecule has 1 saturated carbocycles. The molecule has 5 nitrogen and oxygen atoms in total. The molecule has 2 heterocycles. The third kappa shape index (κ3) is 3.80. The quantitative estimate of drug-likeness (QED) is 0.835. The Morgan fingerprint density at radius 3 is 2.76 bits per heavy atom. The highest BCUT2D eigenvalue weighted by atomic mass is 19.1. The molecular weight excluding hydrogens is 321 g/mol. The van der Waals surface area contributed by atoms with Crippen LogP contribution in [0.25, 0.3) is 0 Å². The molecule has 4 rings (SSSR count). The van der Waals surface area contributed by atoms with E-state index >= 15 is 0 Å². The number of morpholine rings is 1. The van der Waals surface area contributed by atoms with Crippen molar-refractivity contribution in [3.05, 3.63) is 54.1 Å². The molecular formula is C19H22FN3O2. The number of hydrogen-bond acceptors (Lipinski definition) is 5. The van der Waals surface area contributed by atoms with Crippen LogP contribution in [0.5, 0.6) is 6.01 Å². The number of rotatable bonds is 5. The van der Waals surface area contributed by atoms with Gasteiger partial charge in [0, 0.05) is 37.4 Å². The number of ether oxygens (including phenoxy) is 2. The molecule has 3 unspecified atom stereocenters. The van der Waals surface area contributed by atoms with E-state index in [9.17, 15) is 4.39 Å². The van der Waals surface area contributed by atoms with Crippen molar-refractivity contribution in [2.45, 2.75) is 31.5 Å². The predicted octanol–water partition coefficient (Wildman–Crippen LogP) is 2.67. The third-order valence-electron chi connectivity index (χ3n) is 5.10. The first-order valence-corrected chi connectivity index (χ1v) is 8.79. The van der Waals surface area contributed by atoms with Gasteiger partial charge in [-0.3, -0.25) is 4.90 Å². The maximum atomic E-state index is 13.1.